The van der Waals surface area contributed by atoms with Gasteiger partial charge in [0.15, 0.2) is 0 Å². The molecule has 0 spiro atoms. The number of carbonyl (C=O) groups is 4. The van der Waals surface area contributed by atoms with Gasteiger partial charge in [-0.15, -0.1) is 0 Å². The maximum Gasteiger partial charge on any atom is 0.261 e. The number of imide groups is 2. The molecule has 4 amide bonds. The molecule has 0 saturated carbocycles. The van der Waals surface area contributed by atoms with Crippen molar-refractivity contribution in [2.24, 2.45) is 14.1 Å². The van der Waals surface area contributed by atoms with Crippen LogP contribution in [0.4, 0.5) is 0 Å². The van der Waals surface area contributed by atoms with Gasteiger partial charge in [0.25, 0.3) is 23.6 Å². The van der Waals surface area contributed by atoms with Gasteiger partial charge in [0.2, 0.25) is 25.3 Å². The molecule has 0 fully saturated rings. The van der Waals surface area contributed by atoms with Crippen LogP contribution < -0.4 is 18.3 Å². The summed E-state index contributed by atoms with van der Waals surface area (Å²) in [5, 5.41) is 3.74. The van der Waals surface area contributed by atoms with Gasteiger partial charge in [-0.2, -0.15) is 0 Å². The van der Waals surface area contributed by atoms with Crippen molar-refractivity contribution in [2.75, 3.05) is 13.1 Å². The summed E-state index contributed by atoms with van der Waals surface area (Å²) < 4.78 is 17.4. The van der Waals surface area contributed by atoms with Crippen LogP contribution in [0.1, 0.15) is 143 Å². The van der Waals surface area contributed by atoms with E-state index in [1.807, 2.05) is 109 Å². The quantitative estimate of drug-likeness (QED) is 0.0233. The first-order valence-corrected chi connectivity index (χ1v) is 28.0. The molecule has 8 aromatic rings. The Hall–Kier alpha value is -7.48. The number of imidazole rings is 4. The summed E-state index contributed by atoms with van der Waals surface area (Å²) in [4.78, 5) is 55.8. The lowest BCUT2D eigenvalue weighted by Gasteiger charge is -2.27. The van der Waals surface area contributed by atoms with Crippen molar-refractivity contribution in [1.29, 1.82) is 0 Å². The molecular weight excluding hydrogens is 997 g/mol. The summed E-state index contributed by atoms with van der Waals surface area (Å²) in [6.45, 7) is 11.0. The van der Waals surface area contributed by atoms with E-state index in [2.05, 4.69) is 90.8 Å². The van der Waals surface area contributed by atoms with E-state index in [0.29, 0.717) is 41.8 Å². The first kappa shape index (κ1) is 63.4. The second-order valence-electron chi connectivity index (χ2n) is 21.0. The summed E-state index contributed by atoms with van der Waals surface area (Å²) in [6, 6.07) is 19.7. The average molecular weight is 1090 g/mol. The summed E-state index contributed by atoms with van der Waals surface area (Å²) in [5.74, 6) is -0.700. The van der Waals surface area contributed by atoms with Crippen molar-refractivity contribution in [3.63, 3.8) is 0 Å². The minimum absolute atomic E-state index is 0. The summed E-state index contributed by atoms with van der Waals surface area (Å²) >= 11 is 0. The lowest BCUT2D eigenvalue weighted by Crippen LogP contribution is -2.41. The van der Waals surface area contributed by atoms with Crippen LogP contribution in [-0.2, 0) is 66.2 Å². The Bertz CT molecular complexity index is 3260. The summed E-state index contributed by atoms with van der Waals surface area (Å²) in [6.07, 6.45) is 40.4. The molecule has 0 radical (unpaired) electrons. The Balaban J connectivity index is 0.000000323. The first-order chi connectivity index (χ1) is 37.1. The Morgan fingerprint density at radius 1 is 0.375 bits per heavy atom. The molecule has 14 heteroatoms. The third-order valence-electron chi connectivity index (χ3n) is 15.1. The smallest absolute Gasteiger partial charge is 0.261 e. The van der Waals surface area contributed by atoms with E-state index in [9.17, 15) is 19.2 Å². The van der Waals surface area contributed by atoms with Crippen LogP contribution in [0.2, 0.25) is 0 Å². The summed E-state index contributed by atoms with van der Waals surface area (Å²) in [7, 11) is 3.95. The van der Waals surface area contributed by atoms with Crippen LogP contribution in [0.5, 0.6) is 0 Å². The van der Waals surface area contributed by atoms with Crippen molar-refractivity contribution in [1.82, 2.24) is 28.1 Å². The maximum absolute atomic E-state index is 13.5. The number of carbonyl (C=O) groups excluding carboxylic acids is 4. The number of hydrogen-bond donors (Lipinski definition) is 0. The largest absolute Gasteiger partial charge is 0.358 e. The van der Waals surface area contributed by atoms with Gasteiger partial charge in [0.1, 0.15) is 49.6 Å². The molecule has 14 nitrogen and oxygen atoms in total. The minimum atomic E-state index is -0.176. The van der Waals surface area contributed by atoms with Crippen molar-refractivity contribution in [2.45, 2.75) is 143 Å². The molecule has 0 N–H and O–H groups in total. The first-order valence-electron chi connectivity index (χ1n) is 28.0. The predicted octanol–water partition coefficient (Wildman–Crippen LogP) is 10.7. The van der Waals surface area contributed by atoms with Crippen molar-refractivity contribution in [3.8, 4) is 0 Å². The maximum atomic E-state index is 13.5. The minimum Gasteiger partial charge on any atom is -0.358 e. The molecule has 0 unspecified atom stereocenters. The molecule has 2 aliphatic heterocycles. The standard InChI is InChI=1S/C40H54N7O2.C22H24N3O2.4CH3/c1-3-4-8-19-43-27-29-45(32-43)21-10-11-22-46-30-28-44(33-46)20-9-6-5-7-14-34-17-18-37-38-35(34)15-12-16-36(38)39(48)47(40(37)49)24-13-23-42-26-25-41(2)31-42;1-3-6-16-9-10-19-20-17(16)7-4-8-18(20)21(26)25(22(19)27)12-5-11-24-14-13-23(2)15-24;;;;/h12,15-18,25-33H,3-11,13-14,19-24H2,1-2H3;4,7-10,13-15H,3,5-6,11-12H2,1-2H3;4*1H3/q+3;+1;4*-1. The van der Waals surface area contributed by atoms with Gasteiger partial charge in [-0.25, -0.2) is 36.5 Å². The predicted molar refractivity (Wildman–Crippen MR) is 319 cm³/mol. The fourth-order valence-corrected chi connectivity index (χ4v) is 11.1. The fraction of sp³-hybridized carbons (Fsp3) is 0.394. The van der Waals surface area contributed by atoms with E-state index in [4.69, 9.17) is 0 Å². The number of unbranched alkanes of at least 4 members (excludes halogenated alkanes) is 6. The normalized spacial score (nSPS) is 12.5. The van der Waals surface area contributed by atoms with Gasteiger partial charge < -0.3 is 29.7 Å². The van der Waals surface area contributed by atoms with Gasteiger partial charge in [-0.3, -0.25) is 29.0 Å². The molecule has 0 saturated heterocycles. The van der Waals surface area contributed by atoms with E-state index in [0.717, 1.165) is 106 Å². The number of benzene rings is 4. The van der Waals surface area contributed by atoms with Gasteiger partial charge in [-0.05, 0) is 104 Å². The molecule has 0 aliphatic carbocycles. The van der Waals surface area contributed by atoms with E-state index in [1.165, 1.54) is 59.5 Å². The van der Waals surface area contributed by atoms with Crippen LogP contribution in [0.3, 0.4) is 0 Å². The topological polar surface area (TPSA) is 110 Å². The third-order valence-corrected chi connectivity index (χ3v) is 15.1. The number of aryl methyl sites for hydroxylation is 10. The van der Waals surface area contributed by atoms with E-state index in [1.54, 1.807) is 0 Å². The Morgan fingerprint density at radius 3 is 1.21 bits per heavy atom. The number of nitrogens with zero attached hydrogens (tertiary/aromatic N) is 10. The van der Waals surface area contributed by atoms with E-state index < -0.39 is 0 Å². The van der Waals surface area contributed by atoms with Gasteiger partial charge >= 0.3 is 0 Å². The highest BCUT2D eigenvalue weighted by Gasteiger charge is 2.34. The molecule has 0 bridgehead atoms. The Labute approximate surface area is 477 Å². The Kier molecular flexibility index (Phi) is 23.9. The molecule has 4 aromatic heterocycles. The van der Waals surface area contributed by atoms with Crippen LogP contribution in [0.25, 0.3) is 21.5 Å². The van der Waals surface area contributed by atoms with E-state index >= 15 is 0 Å². The third kappa shape index (κ3) is 15.0. The molecule has 80 heavy (non-hydrogen) atoms. The van der Waals surface area contributed by atoms with Gasteiger partial charge in [-0.1, -0.05) is 69.5 Å². The molecule has 10 rings (SSSR count). The van der Waals surface area contributed by atoms with Crippen LogP contribution in [0.15, 0.2) is 136 Å². The molecule has 4 aromatic carbocycles. The molecule has 2 aliphatic rings. The molecule has 0 atom stereocenters. The number of hydrogen-bond acceptors (Lipinski definition) is 4. The van der Waals surface area contributed by atoms with Crippen LogP contribution in [-0.4, -0.2) is 64.8 Å². The Morgan fingerprint density at radius 2 is 0.775 bits per heavy atom. The lowest BCUT2D eigenvalue weighted by molar-refractivity contribution is -0.697. The highest BCUT2D eigenvalue weighted by Crippen LogP contribution is 2.34. The van der Waals surface area contributed by atoms with Gasteiger partial charge in [0.05, 0.1) is 53.4 Å². The van der Waals surface area contributed by atoms with Crippen LogP contribution in [0, 0.1) is 29.7 Å². The second-order valence-corrected chi connectivity index (χ2v) is 21.0. The number of aromatic nitrogens is 8. The molecule has 428 valence electrons. The number of amides is 4. The van der Waals surface area contributed by atoms with Crippen molar-refractivity contribution < 1.29 is 37.4 Å². The SMILES string of the molecule is CCCCC[n+]1ccn(CCCCn2cc[n+](CCCCCCc3ccc4c5c(cccc35)C(=O)N(CCCn3cc[n+](C)c3)C4=O)c2)c1.CCCc1ccc2c3c(cccc13)C(=O)N(CCCn1cc[n+](C)c1)C2=O.[CH3-].[CH3-].[CH3-].[CH3-]. The summed E-state index contributed by atoms with van der Waals surface area (Å²) in [5.41, 5.74) is 5.02. The zero-order valence-corrected chi connectivity index (χ0v) is 49.4. The van der Waals surface area contributed by atoms with Crippen molar-refractivity contribution in [3.05, 3.63) is 199 Å². The number of rotatable bonds is 26. The van der Waals surface area contributed by atoms with Gasteiger partial charge in [0, 0.05) is 59.0 Å². The zero-order chi connectivity index (χ0) is 53.0. The highest BCUT2D eigenvalue weighted by molar-refractivity contribution is 6.26. The fourth-order valence-electron chi connectivity index (χ4n) is 11.1. The average Bonchev–Trinajstić information content (AvgIpc) is 4.29. The highest BCUT2D eigenvalue weighted by atomic mass is 16.2. The lowest BCUT2D eigenvalue weighted by atomic mass is 9.89. The molecule has 6 heterocycles. The zero-order valence-electron chi connectivity index (χ0n) is 49.4. The van der Waals surface area contributed by atoms with E-state index in [-0.39, 0.29) is 53.3 Å². The monoisotopic (exact) mass is 1090 g/mol. The van der Waals surface area contributed by atoms with Crippen molar-refractivity contribution >= 4 is 45.2 Å². The van der Waals surface area contributed by atoms with Crippen LogP contribution >= 0.6 is 0 Å². The molecular formula is C66H90N10O4. The second kappa shape index (κ2) is 30.2.